The Bertz CT molecular complexity index is 442. The van der Waals surface area contributed by atoms with Gasteiger partial charge in [-0.2, -0.15) is 0 Å². The van der Waals surface area contributed by atoms with Gasteiger partial charge in [-0.05, 0) is 0 Å². The molecule has 0 N–H and O–H groups in total. The molecule has 0 unspecified atom stereocenters. The first-order valence-corrected chi connectivity index (χ1v) is 8.77. The maximum atomic E-state index is 11.1. The van der Waals surface area contributed by atoms with E-state index in [1.807, 2.05) is 0 Å². The first kappa shape index (κ1) is 10.4. The van der Waals surface area contributed by atoms with Gasteiger partial charge >= 0.3 is 86.5 Å². The summed E-state index contributed by atoms with van der Waals surface area (Å²) < 4.78 is 22.2. The summed E-state index contributed by atoms with van der Waals surface area (Å²) >= 11 is -0.0543. The minimum atomic E-state index is -3.39. The number of nitro groups is 1. The van der Waals surface area contributed by atoms with Crippen LogP contribution in [0, 0.1) is 10.1 Å². The average molecular weight is 306 g/mol. The number of nitro benzene ring substituents is 1. The fourth-order valence-electron chi connectivity index (χ4n) is 0.849. The van der Waals surface area contributed by atoms with Crippen LogP contribution in [0.4, 0.5) is 5.69 Å². The van der Waals surface area contributed by atoms with Crippen LogP contribution in [0.5, 0.6) is 0 Å². The van der Waals surface area contributed by atoms with Gasteiger partial charge in [-0.25, -0.2) is 0 Å². The van der Waals surface area contributed by atoms with Crippen molar-refractivity contribution in [2.45, 2.75) is 4.90 Å². The first-order chi connectivity index (χ1) is 5.93. The van der Waals surface area contributed by atoms with Gasteiger partial charge < -0.3 is 0 Å². The Kier molecular flexibility index (Phi) is 2.91. The molecule has 1 aromatic carbocycles. The van der Waals surface area contributed by atoms with E-state index in [-0.39, 0.29) is 31.7 Å². The molecule has 68 valence electrons. The molecule has 0 spiro atoms. The fourth-order valence-corrected chi connectivity index (χ4v) is 3.26. The second kappa shape index (κ2) is 3.62. The van der Waals surface area contributed by atoms with E-state index < -0.39 is 11.9 Å². The summed E-state index contributed by atoms with van der Waals surface area (Å²) in [6, 6.07) is 5.34. The quantitative estimate of drug-likeness (QED) is 0.444. The molecule has 1 aromatic rings. The Balaban J connectivity index is 3.46. The molecule has 0 atom stereocenters. The van der Waals surface area contributed by atoms with E-state index >= 15 is 0 Å². The first-order valence-electron chi connectivity index (χ1n) is 3.19. The van der Waals surface area contributed by atoms with Crippen molar-refractivity contribution < 1.29 is 13.3 Å². The number of nitrogens with zero attached hydrogens (tertiary/aromatic N) is 1. The van der Waals surface area contributed by atoms with Gasteiger partial charge in [-0.15, -0.1) is 0 Å². The van der Waals surface area contributed by atoms with Crippen molar-refractivity contribution in [1.82, 2.24) is 0 Å². The molecule has 0 fully saturated rings. The molecule has 0 bridgehead atoms. The molecule has 0 saturated heterocycles. The Hall–Kier alpha value is -0.631. The van der Waals surface area contributed by atoms with Crippen molar-refractivity contribution in [3.63, 3.8) is 0 Å². The van der Waals surface area contributed by atoms with Crippen LogP contribution >= 0.6 is 0 Å². The predicted octanol–water partition coefficient (Wildman–Crippen LogP) is 0.184. The van der Waals surface area contributed by atoms with Gasteiger partial charge in [0.15, 0.2) is 0 Å². The van der Waals surface area contributed by atoms with E-state index in [2.05, 4.69) is 0 Å². The second-order valence-electron chi connectivity index (χ2n) is 2.27. The van der Waals surface area contributed by atoms with Crippen LogP contribution in [0.2, 0.25) is 0 Å². The zero-order valence-electron chi connectivity index (χ0n) is 6.38. The zero-order chi connectivity index (χ0) is 10.1. The van der Waals surface area contributed by atoms with Crippen LogP contribution in [0.25, 0.3) is 0 Å². The van der Waals surface area contributed by atoms with E-state index in [4.69, 9.17) is 0 Å². The van der Waals surface area contributed by atoms with Crippen LogP contribution in [0.1, 0.15) is 0 Å². The van der Waals surface area contributed by atoms with Gasteiger partial charge in [0.1, 0.15) is 0 Å². The summed E-state index contributed by atoms with van der Waals surface area (Å²) in [5.41, 5.74) is -0.352. The van der Waals surface area contributed by atoms with Gasteiger partial charge in [0.05, 0.1) is 0 Å². The summed E-state index contributed by atoms with van der Waals surface area (Å²) in [5.74, 6) is 0. The summed E-state index contributed by atoms with van der Waals surface area (Å²) in [5, 5.41) is 10.4. The Morgan fingerprint density at radius 2 is 1.85 bits per heavy atom. The molecule has 0 aromatic heterocycles. The van der Waals surface area contributed by atoms with Crippen LogP contribution in [0.15, 0.2) is 29.2 Å². The maximum absolute atomic E-state index is 11.1. The monoisotopic (exact) mass is 307 g/mol. The van der Waals surface area contributed by atoms with Crippen LogP contribution in [-0.4, -0.2) is 34.5 Å². The summed E-state index contributed by atoms with van der Waals surface area (Å²) in [6.45, 7) is 0. The Morgan fingerprint density at radius 3 is 2.23 bits per heavy atom. The van der Waals surface area contributed by atoms with Crippen molar-refractivity contribution in [1.29, 1.82) is 0 Å². The number of benzene rings is 1. The predicted molar refractivity (Wildman–Crippen MR) is 47.4 cm³/mol. The summed E-state index contributed by atoms with van der Waals surface area (Å²) in [4.78, 5) is 9.54. The molecule has 2 radical (unpaired) electrons. The van der Waals surface area contributed by atoms with Gasteiger partial charge in [-0.3, -0.25) is 0 Å². The SMILES string of the molecule is O=[N+]([O-])c1ccccc1[S](=O)(=O)[SnH]. The Labute approximate surface area is 86.4 Å². The number of rotatable bonds is 2. The molecule has 0 amide bonds. The molecular weight excluding hydrogens is 301 g/mol. The summed E-state index contributed by atoms with van der Waals surface area (Å²) in [7, 11) is -3.39. The molecule has 5 nitrogen and oxygen atoms in total. The van der Waals surface area contributed by atoms with Crippen molar-refractivity contribution in [2.24, 2.45) is 0 Å². The summed E-state index contributed by atoms with van der Waals surface area (Å²) in [6.07, 6.45) is 0. The van der Waals surface area contributed by atoms with E-state index in [0.29, 0.717) is 0 Å². The van der Waals surface area contributed by atoms with E-state index in [9.17, 15) is 18.5 Å². The van der Waals surface area contributed by atoms with E-state index in [0.717, 1.165) is 0 Å². The standard InChI is InChI=1S/C6H4NO4S.Sn.H/c8-7(9)5-3-1-2-4-6(5)12(10)11;;/h1-4H;;. The molecule has 7 heteroatoms. The second-order valence-corrected chi connectivity index (χ2v) is 9.11. The average Bonchev–Trinajstić information content (AvgIpc) is 2.03. The van der Waals surface area contributed by atoms with E-state index in [1.54, 1.807) is 0 Å². The molecule has 0 heterocycles. The fraction of sp³-hybridized carbons (Fsp3) is 0. The number of para-hydroxylation sites is 1. The van der Waals surface area contributed by atoms with Crippen molar-refractivity contribution in [3.05, 3.63) is 34.4 Å². The van der Waals surface area contributed by atoms with Crippen LogP contribution < -0.4 is 0 Å². The topological polar surface area (TPSA) is 77.3 Å². The molecule has 0 aliphatic carbocycles. The van der Waals surface area contributed by atoms with Gasteiger partial charge in [0.2, 0.25) is 0 Å². The molecule has 13 heavy (non-hydrogen) atoms. The molecule has 0 aliphatic heterocycles. The van der Waals surface area contributed by atoms with Gasteiger partial charge in [0.25, 0.3) is 0 Å². The number of hydrogen-bond donors (Lipinski definition) is 0. The third kappa shape index (κ3) is 2.41. The van der Waals surface area contributed by atoms with Crippen molar-refractivity contribution >= 4 is 33.9 Å². The normalized spacial score (nSPS) is 11.2. The molecule has 1 rings (SSSR count). The third-order valence-electron chi connectivity index (χ3n) is 1.37. The van der Waals surface area contributed by atoms with Gasteiger partial charge in [0, 0.05) is 0 Å². The van der Waals surface area contributed by atoms with Crippen molar-refractivity contribution in [2.75, 3.05) is 0 Å². The van der Waals surface area contributed by atoms with Crippen molar-refractivity contribution in [3.8, 4) is 0 Å². The molecule has 0 saturated carbocycles. The van der Waals surface area contributed by atoms with Crippen LogP contribution in [0.3, 0.4) is 0 Å². The van der Waals surface area contributed by atoms with Gasteiger partial charge in [-0.1, -0.05) is 0 Å². The Morgan fingerprint density at radius 1 is 1.31 bits per heavy atom. The third-order valence-corrected chi connectivity index (χ3v) is 4.50. The zero-order valence-corrected chi connectivity index (χ0v) is 10.5. The minimum absolute atomic E-state index is 0.0543. The van der Waals surface area contributed by atoms with Crippen LogP contribution in [-0.2, 0) is 7.02 Å². The molecular formula is C6H5NO4SSn. The molecule has 0 aliphatic rings. The van der Waals surface area contributed by atoms with E-state index in [1.165, 1.54) is 24.3 Å². The number of hydrogen-bond acceptors (Lipinski definition) is 4.